The van der Waals surface area contributed by atoms with Crippen LogP contribution in [-0.2, 0) is 11.8 Å². The van der Waals surface area contributed by atoms with Gasteiger partial charge in [0.1, 0.15) is 5.69 Å². The van der Waals surface area contributed by atoms with Crippen molar-refractivity contribution in [2.24, 2.45) is 7.05 Å². The van der Waals surface area contributed by atoms with E-state index in [9.17, 15) is 9.59 Å². The largest absolute Gasteiger partial charge is 0.462 e. The molecular formula is C16H19N3O3. The molecule has 0 aliphatic rings. The highest BCUT2D eigenvalue weighted by molar-refractivity contribution is 6.05. The molecule has 0 bridgehead atoms. The summed E-state index contributed by atoms with van der Waals surface area (Å²) in [5.74, 6) is -0.558. The van der Waals surface area contributed by atoms with Gasteiger partial charge < -0.3 is 14.2 Å². The molecule has 2 aromatic rings. The summed E-state index contributed by atoms with van der Waals surface area (Å²) >= 11 is 0. The van der Waals surface area contributed by atoms with E-state index in [-0.39, 0.29) is 5.91 Å². The lowest BCUT2D eigenvalue weighted by Gasteiger charge is -2.21. The van der Waals surface area contributed by atoms with Crippen LogP contribution in [0.15, 0.2) is 36.8 Å². The number of anilines is 1. The van der Waals surface area contributed by atoms with Crippen molar-refractivity contribution in [3.63, 3.8) is 0 Å². The fraction of sp³-hybridized carbons (Fsp3) is 0.312. The normalized spacial score (nSPS) is 10.3. The molecule has 6 nitrogen and oxygen atoms in total. The average molecular weight is 301 g/mol. The second-order valence-corrected chi connectivity index (χ2v) is 4.71. The maximum absolute atomic E-state index is 12.6. The second kappa shape index (κ2) is 6.89. The van der Waals surface area contributed by atoms with E-state index in [2.05, 4.69) is 4.98 Å². The summed E-state index contributed by atoms with van der Waals surface area (Å²) in [6, 6.07) is 6.86. The SMILES string of the molecule is CCOC(=O)c1cccc(N(CC)C(=O)c2cncn2C)c1. The number of aryl methyl sites for hydroxylation is 1. The van der Waals surface area contributed by atoms with Gasteiger partial charge in [0.25, 0.3) is 5.91 Å². The minimum absolute atomic E-state index is 0.163. The number of benzene rings is 1. The van der Waals surface area contributed by atoms with Crippen molar-refractivity contribution in [3.05, 3.63) is 48.0 Å². The first-order valence-corrected chi connectivity index (χ1v) is 7.13. The third-order valence-corrected chi connectivity index (χ3v) is 3.27. The number of ether oxygens (including phenoxy) is 1. The van der Waals surface area contributed by atoms with Gasteiger partial charge in [-0.2, -0.15) is 0 Å². The molecule has 6 heteroatoms. The van der Waals surface area contributed by atoms with Gasteiger partial charge in [-0.15, -0.1) is 0 Å². The minimum atomic E-state index is -0.395. The zero-order chi connectivity index (χ0) is 16.1. The van der Waals surface area contributed by atoms with E-state index in [1.165, 1.54) is 6.20 Å². The lowest BCUT2D eigenvalue weighted by Crippen LogP contribution is -2.32. The lowest BCUT2D eigenvalue weighted by molar-refractivity contribution is 0.0526. The average Bonchev–Trinajstić information content (AvgIpc) is 2.94. The molecule has 0 unspecified atom stereocenters. The second-order valence-electron chi connectivity index (χ2n) is 4.71. The Hall–Kier alpha value is -2.63. The number of imidazole rings is 1. The number of aromatic nitrogens is 2. The molecule has 22 heavy (non-hydrogen) atoms. The fourth-order valence-corrected chi connectivity index (χ4v) is 2.16. The Bertz CT molecular complexity index is 679. The van der Waals surface area contributed by atoms with Gasteiger partial charge in [0, 0.05) is 19.3 Å². The monoisotopic (exact) mass is 301 g/mol. The first-order valence-electron chi connectivity index (χ1n) is 7.13. The van der Waals surface area contributed by atoms with Gasteiger partial charge in [0.05, 0.1) is 24.7 Å². The van der Waals surface area contributed by atoms with Crippen molar-refractivity contribution in [3.8, 4) is 0 Å². The van der Waals surface area contributed by atoms with Crippen LogP contribution in [-0.4, -0.2) is 34.6 Å². The van der Waals surface area contributed by atoms with Crippen molar-refractivity contribution in [1.82, 2.24) is 9.55 Å². The van der Waals surface area contributed by atoms with Crippen molar-refractivity contribution >= 4 is 17.6 Å². The highest BCUT2D eigenvalue weighted by atomic mass is 16.5. The molecule has 0 radical (unpaired) electrons. The zero-order valence-electron chi connectivity index (χ0n) is 12.9. The molecule has 0 aliphatic carbocycles. The summed E-state index contributed by atoms with van der Waals surface area (Å²) in [6.45, 7) is 4.43. The summed E-state index contributed by atoms with van der Waals surface area (Å²) < 4.78 is 6.66. The maximum Gasteiger partial charge on any atom is 0.338 e. The number of amides is 1. The van der Waals surface area contributed by atoms with Gasteiger partial charge in [-0.3, -0.25) is 4.79 Å². The van der Waals surface area contributed by atoms with E-state index < -0.39 is 5.97 Å². The molecule has 0 N–H and O–H groups in total. The number of rotatable bonds is 5. The molecule has 1 amide bonds. The standard InChI is InChI=1S/C16H19N3O3/c1-4-19(15(20)14-10-17-11-18(14)3)13-8-6-7-12(9-13)16(21)22-5-2/h6-11H,4-5H2,1-3H3. The number of carbonyl (C=O) groups excluding carboxylic acids is 2. The third-order valence-electron chi connectivity index (χ3n) is 3.27. The van der Waals surface area contributed by atoms with Gasteiger partial charge in [-0.05, 0) is 32.0 Å². The molecule has 1 heterocycles. The fourth-order valence-electron chi connectivity index (χ4n) is 2.16. The molecule has 2 rings (SSSR count). The molecule has 0 atom stereocenters. The van der Waals surface area contributed by atoms with E-state index >= 15 is 0 Å². The zero-order valence-corrected chi connectivity index (χ0v) is 12.9. The summed E-state index contributed by atoms with van der Waals surface area (Å²) in [5.41, 5.74) is 1.57. The van der Waals surface area contributed by atoms with Crippen LogP contribution in [0.3, 0.4) is 0 Å². The third kappa shape index (κ3) is 3.16. The lowest BCUT2D eigenvalue weighted by atomic mass is 10.2. The number of esters is 1. The summed E-state index contributed by atoms with van der Waals surface area (Å²) in [4.78, 5) is 30.0. The van der Waals surface area contributed by atoms with Crippen LogP contribution in [0.4, 0.5) is 5.69 Å². The Morgan fingerprint density at radius 1 is 1.32 bits per heavy atom. The summed E-state index contributed by atoms with van der Waals surface area (Å²) in [5, 5.41) is 0. The predicted molar refractivity (Wildman–Crippen MR) is 83.0 cm³/mol. The van der Waals surface area contributed by atoms with E-state index in [1.807, 2.05) is 6.92 Å². The molecule has 1 aromatic heterocycles. The summed E-state index contributed by atoms with van der Waals surface area (Å²) in [7, 11) is 1.77. The Labute approximate surface area is 129 Å². The van der Waals surface area contributed by atoms with Crippen LogP contribution in [0.2, 0.25) is 0 Å². The van der Waals surface area contributed by atoms with Crippen LogP contribution in [0.5, 0.6) is 0 Å². The maximum atomic E-state index is 12.6. The minimum Gasteiger partial charge on any atom is -0.462 e. The first-order chi connectivity index (χ1) is 10.6. The molecule has 0 saturated heterocycles. The molecule has 1 aromatic carbocycles. The molecule has 0 aliphatic heterocycles. The Morgan fingerprint density at radius 3 is 2.68 bits per heavy atom. The molecule has 0 spiro atoms. The number of hydrogen-bond acceptors (Lipinski definition) is 4. The van der Waals surface area contributed by atoms with Crippen LogP contribution in [0.1, 0.15) is 34.7 Å². The Kier molecular flexibility index (Phi) is 4.93. The van der Waals surface area contributed by atoms with Crippen molar-refractivity contribution < 1.29 is 14.3 Å². The highest BCUT2D eigenvalue weighted by Gasteiger charge is 2.20. The van der Waals surface area contributed by atoms with Crippen LogP contribution < -0.4 is 4.90 Å². The van der Waals surface area contributed by atoms with Gasteiger partial charge in [-0.25, -0.2) is 9.78 Å². The molecule has 0 fully saturated rings. The van der Waals surface area contributed by atoms with Gasteiger partial charge in [0.2, 0.25) is 0 Å². The molecule has 116 valence electrons. The van der Waals surface area contributed by atoms with Gasteiger partial charge in [0.15, 0.2) is 0 Å². The topological polar surface area (TPSA) is 64.4 Å². The number of carbonyl (C=O) groups is 2. The molecular weight excluding hydrogens is 282 g/mol. The Morgan fingerprint density at radius 2 is 2.09 bits per heavy atom. The van der Waals surface area contributed by atoms with Crippen LogP contribution >= 0.6 is 0 Å². The van der Waals surface area contributed by atoms with Crippen LogP contribution in [0, 0.1) is 0 Å². The predicted octanol–water partition coefficient (Wildman–Crippen LogP) is 2.26. The van der Waals surface area contributed by atoms with E-state index in [0.29, 0.717) is 30.1 Å². The summed E-state index contributed by atoms with van der Waals surface area (Å²) in [6.07, 6.45) is 3.11. The van der Waals surface area contributed by atoms with Crippen molar-refractivity contribution in [1.29, 1.82) is 0 Å². The van der Waals surface area contributed by atoms with Crippen LogP contribution in [0.25, 0.3) is 0 Å². The first kappa shape index (κ1) is 15.8. The Balaban J connectivity index is 2.32. The van der Waals surface area contributed by atoms with Gasteiger partial charge in [-0.1, -0.05) is 6.07 Å². The van der Waals surface area contributed by atoms with E-state index in [1.54, 1.807) is 54.0 Å². The van der Waals surface area contributed by atoms with Crippen molar-refractivity contribution in [2.45, 2.75) is 13.8 Å². The smallest absolute Gasteiger partial charge is 0.338 e. The van der Waals surface area contributed by atoms with E-state index in [4.69, 9.17) is 4.74 Å². The van der Waals surface area contributed by atoms with Crippen molar-refractivity contribution in [2.75, 3.05) is 18.1 Å². The van der Waals surface area contributed by atoms with E-state index in [0.717, 1.165) is 0 Å². The number of hydrogen-bond donors (Lipinski definition) is 0. The van der Waals surface area contributed by atoms with Gasteiger partial charge >= 0.3 is 5.97 Å². The molecule has 0 saturated carbocycles. The number of nitrogens with zero attached hydrogens (tertiary/aromatic N) is 3. The quantitative estimate of drug-likeness (QED) is 0.795. The highest BCUT2D eigenvalue weighted by Crippen LogP contribution is 2.19.